The number of hydrogen-bond acceptors (Lipinski definition) is 9. The molecular formula is C46H88NO10P. The van der Waals surface area contributed by atoms with Crippen molar-refractivity contribution in [1.82, 2.24) is 0 Å². The Hall–Kier alpha value is -1.78. The maximum Gasteiger partial charge on any atom is 0.472 e. The fraction of sp³-hybridized carbons (Fsp3) is 0.891. The maximum absolute atomic E-state index is 12.6. The summed E-state index contributed by atoms with van der Waals surface area (Å²) in [6, 6.07) is -1.52. The van der Waals surface area contributed by atoms with E-state index in [1.54, 1.807) is 0 Å². The topological polar surface area (TPSA) is 172 Å². The lowest BCUT2D eigenvalue weighted by Gasteiger charge is -2.20. The van der Waals surface area contributed by atoms with Crippen molar-refractivity contribution in [3.05, 3.63) is 12.7 Å². The summed E-state index contributed by atoms with van der Waals surface area (Å²) in [5.41, 5.74) is 5.34. The van der Waals surface area contributed by atoms with E-state index in [-0.39, 0.29) is 19.4 Å². The molecule has 0 aromatic heterocycles. The zero-order valence-electron chi connectivity index (χ0n) is 37.0. The summed E-state index contributed by atoms with van der Waals surface area (Å²) in [5.74, 6) is -2.36. The van der Waals surface area contributed by atoms with Gasteiger partial charge in [0.05, 0.1) is 13.2 Å². The maximum atomic E-state index is 12.6. The molecule has 0 aliphatic rings. The van der Waals surface area contributed by atoms with Crippen molar-refractivity contribution in [3.63, 3.8) is 0 Å². The first-order valence-corrected chi connectivity index (χ1v) is 25.2. The number of phosphoric acid groups is 1. The van der Waals surface area contributed by atoms with E-state index in [1.807, 2.05) is 6.08 Å². The van der Waals surface area contributed by atoms with Crippen LogP contribution in [0.2, 0.25) is 0 Å². The van der Waals surface area contributed by atoms with Crippen molar-refractivity contribution in [1.29, 1.82) is 0 Å². The molecule has 0 fully saturated rings. The first-order chi connectivity index (χ1) is 28.1. The van der Waals surface area contributed by atoms with Gasteiger partial charge in [-0.2, -0.15) is 0 Å². The lowest BCUT2D eigenvalue weighted by Crippen LogP contribution is -2.34. The Morgan fingerprint density at radius 3 is 1.28 bits per heavy atom. The van der Waals surface area contributed by atoms with E-state index in [2.05, 4.69) is 18.0 Å². The van der Waals surface area contributed by atoms with Crippen molar-refractivity contribution in [2.75, 3.05) is 19.8 Å². The minimum atomic E-state index is -4.71. The van der Waals surface area contributed by atoms with Crippen LogP contribution in [0.5, 0.6) is 0 Å². The Balaban J connectivity index is 4.23. The number of phosphoric ester groups is 1. The molecule has 0 spiro atoms. The first kappa shape index (κ1) is 56.2. The molecule has 0 aliphatic heterocycles. The van der Waals surface area contributed by atoms with Gasteiger partial charge in [0.25, 0.3) is 0 Å². The van der Waals surface area contributed by atoms with Crippen molar-refractivity contribution in [2.45, 2.75) is 244 Å². The third-order valence-corrected chi connectivity index (χ3v) is 11.6. The Labute approximate surface area is 354 Å². The molecule has 0 radical (unpaired) electrons. The molecule has 0 aromatic carbocycles. The fourth-order valence-corrected chi connectivity index (χ4v) is 7.71. The predicted octanol–water partition coefficient (Wildman–Crippen LogP) is 12.8. The molecule has 0 saturated heterocycles. The standard InChI is InChI=1S/C46H88NO10P/c1-3-5-7-9-11-13-15-17-19-20-21-22-24-25-27-29-31-33-35-37-44(48)54-39-42(40-55-58(52,53)56-41-43(47)46(50)51)57-45(49)38-36-34-32-30-28-26-23-18-16-14-12-10-8-6-4-2/h4,42-43H,2-3,5-41,47H2,1H3,(H,50,51)(H,52,53)/t42-,43+/m1/s1. The Morgan fingerprint density at radius 1 is 0.552 bits per heavy atom. The van der Waals surface area contributed by atoms with Crippen LogP contribution in [0.25, 0.3) is 0 Å². The Morgan fingerprint density at radius 2 is 0.897 bits per heavy atom. The van der Waals surface area contributed by atoms with Gasteiger partial charge in [-0.1, -0.05) is 199 Å². The molecule has 0 aliphatic carbocycles. The first-order valence-electron chi connectivity index (χ1n) is 23.7. The normalized spacial score (nSPS) is 13.5. The highest BCUT2D eigenvalue weighted by Gasteiger charge is 2.28. The second-order valence-corrected chi connectivity index (χ2v) is 17.8. The number of carboxylic acid groups (broad SMARTS) is 1. The summed E-state index contributed by atoms with van der Waals surface area (Å²) in [4.78, 5) is 46.0. The van der Waals surface area contributed by atoms with Gasteiger partial charge in [-0.05, 0) is 25.7 Å². The third kappa shape index (κ3) is 41.0. The number of carboxylic acids is 1. The van der Waals surface area contributed by atoms with Crippen molar-refractivity contribution < 1.29 is 47.5 Å². The molecule has 1 unspecified atom stereocenters. The van der Waals surface area contributed by atoms with E-state index in [0.29, 0.717) is 12.8 Å². The summed E-state index contributed by atoms with van der Waals surface area (Å²) in [6.07, 6.45) is 41.6. The smallest absolute Gasteiger partial charge is 0.472 e. The van der Waals surface area contributed by atoms with Gasteiger partial charge < -0.3 is 25.2 Å². The Bertz CT molecular complexity index is 1030. The van der Waals surface area contributed by atoms with Gasteiger partial charge in [-0.15, -0.1) is 6.58 Å². The number of allylic oxidation sites excluding steroid dienone is 1. The fourth-order valence-electron chi connectivity index (χ4n) is 6.93. The van der Waals surface area contributed by atoms with Gasteiger partial charge in [0.15, 0.2) is 6.10 Å². The van der Waals surface area contributed by atoms with E-state index in [1.165, 1.54) is 154 Å². The quantitative estimate of drug-likeness (QED) is 0.0230. The van der Waals surface area contributed by atoms with Crippen LogP contribution < -0.4 is 5.73 Å². The van der Waals surface area contributed by atoms with Crippen molar-refractivity contribution >= 4 is 25.7 Å². The molecule has 0 rings (SSSR count). The minimum Gasteiger partial charge on any atom is -0.480 e. The summed E-state index contributed by atoms with van der Waals surface area (Å²) in [5, 5.41) is 8.90. The molecular weight excluding hydrogens is 757 g/mol. The van der Waals surface area contributed by atoms with Crippen molar-refractivity contribution in [3.8, 4) is 0 Å². The third-order valence-electron chi connectivity index (χ3n) is 10.7. The molecule has 3 atom stereocenters. The predicted molar refractivity (Wildman–Crippen MR) is 236 cm³/mol. The van der Waals surface area contributed by atoms with Crippen LogP contribution in [0.4, 0.5) is 0 Å². The monoisotopic (exact) mass is 846 g/mol. The number of ether oxygens (including phenoxy) is 2. The van der Waals surface area contributed by atoms with Crippen LogP contribution in [0.15, 0.2) is 12.7 Å². The molecule has 0 saturated carbocycles. The summed E-state index contributed by atoms with van der Waals surface area (Å²) >= 11 is 0. The molecule has 0 bridgehead atoms. The van der Waals surface area contributed by atoms with Crippen LogP contribution in [0, 0.1) is 0 Å². The molecule has 0 aromatic rings. The highest BCUT2D eigenvalue weighted by Crippen LogP contribution is 2.43. The largest absolute Gasteiger partial charge is 0.480 e. The minimum absolute atomic E-state index is 0.164. The average Bonchev–Trinajstić information content (AvgIpc) is 3.20. The lowest BCUT2D eigenvalue weighted by atomic mass is 10.0. The zero-order valence-corrected chi connectivity index (χ0v) is 37.9. The van der Waals surface area contributed by atoms with E-state index >= 15 is 0 Å². The average molecular weight is 846 g/mol. The van der Waals surface area contributed by atoms with E-state index < -0.39 is 51.1 Å². The number of unbranched alkanes of at least 4 members (excludes halogenated alkanes) is 31. The molecule has 342 valence electrons. The molecule has 11 nitrogen and oxygen atoms in total. The number of carbonyl (C=O) groups excluding carboxylic acids is 2. The number of rotatable bonds is 46. The van der Waals surface area contributed by atoms with E-state index in [0.717, 1.165) is 44.9 Å². The second kappa shape index (κ2) is 41.9. The molecule has 4 N–H and O–H groups in total. The second-order valence-electron chi connectivity index (χ2n) is 16.3. The Kier molecular flexibility index (Phi) is 40.6. The van der Waals surface area contributed by atoms with Crippen LogP contribution in [0.3, 0.4) is 0 Å². The van der Waals surface area contributed by atoms with Gasteiger partial charge >= 0.3 is 25.7 Å². The molecule has 12 heteroatoms. The number of aliphatic carboxylic acids is 1. The van der Waals surface area contributed by atoms with Gasteiger partial charge in [0.2, 0.25) is 0 Å². The molecule has 0 heterocycles. The highest BCUT2D eigenvalue weighted by molar-refractivity contribution is 7.47. The highest BCUT2D eigenvalue weighted by atomic mass is 31.2. The SMILES string of the molecule is C=CCCCCCCCCCCCCCCCC(=O)O[C@H](COC(=O)CCCCCCCCCCCCCCCCCCCCC)COP(=O)(O)OC[C@H](N)C(=O)O. The number of carbonyl (C=O) groups is 3. The number of esters is 2. The van der Waals surface area contributed by atoms with E-state index in [4.69, 9.17) is 24.8 Å². The summed E-state index contributed by atoms with van der Waals surface area (Å²) < 4.78 is 32.8. The van der Waals surface area contributed by atoms with Gasteiger partial charge in [0, 0.05) is 12.8 Å². The zero-order chi connectivity index (χ0) is 42.8. The number of nitrogens with two attached hydrogens (primary N) is 1. The van der Waals surface area contributed by atoms with Crippen molar-refractivity contribution in [2.24, 2.45) is 5.73 Å². The summed E-state index contributed by atoms with van der Waals surface area (Å²) in [6.45, 7) is 4.37. The van der Waals surface area contributed by atoms with Gasteiger partial charge in [-0.3, -0.25) is 23.4 Å². The van der Waals surface area contributed by atoms with Crippen LogP contribution in [-0.2, 0) is 37.5 Å². The molecule has 58 heavy (non-hydrogen) atoms. The van der Waals surface area contributed by atoms with E-state index in [9.17, 15) is 23.8 Å². The molecule has 0 amide bonds. The van der Waals surface area contributed by atoms with Gasteiger partial charge in [0.1, 0.15) is 12.6 Å². The number of hydrogen-bond donors (Lipinski definition) is 3. The van der Waals surface area contributed by atoms with Crippen LogP contribution in [0.1, 0.15) is 232 Å². The summed E-state index contributed by atoms with van der Waals surface area (Å²) in [7, 11) is -4.71. The lowest BCUT2D eigenvalue weighted by molar-refractivity contribution is -0.161. The van der Waals surface area contributed by atoms with Crippen LogP contribution in [-0.4, -0.2) is 59.9 Å². The van der Waals surface area contributed by atoms with Gasteiger partial charge in [-0.25, -0.2) is 4.57 Å². The van der Waals surface area contributed by atoms with Crippen LogP contribution >= 0.6 is 7.82 Å².